The number of ketones is 2. The van der Waals surface area contributed by atoms with Crippen molar-refractivity contribution in [2.75, 3.05) is 20.7 Å². The lowest BCUT2D eigenvalue weighted by atomic mass is 9.71. The number of benzene rings is 2. The van der Waals surface area contributed by atoms with Gasteiger partial charge in [0.1, 0.15) is 17.3 Å². The minimum Gasteiger partial charge on any atom is -0.664 e. The fraction of sp³-hybridized carbons (Fsp3) is 0.351. The highest BCUT2D eigenvalue weighted by Gasteiger charge is 2.35. The number of phenolic OH excluding ortho intramolecular Hbond substituents is 2. The minimum absolute atomic E-state index is 0.0813. The molecule has 9 nitrogen and oxygen atoms in total. The van der Waals surface area contributed by atoms with Crippen molar-refractivity contribution in [2.45, 2.75) is 57.4 Å². The Hall–Kier alpha value is -4.76. The Kier molecular flexibility index (Phi) is 11.0. The maximum absolute atomic E-state index is 14.1. The molecule has 0 unspecified atom stereocenters. The first-order chi connectivity index (χ1) is 22.4. The lowest BCUT2D eigenvalue weighted by Crippen LogP contribution is -2.30. The number of phenols is 2. The Morgan fingerprint density at radius 1 is 1.04 bits per heavy atom. The van der Waals surface area contributed by atoms with Crippen LogP contribution in [0, 0.1) is 5.92 Å². The molecule has 4 N–H and O–H groups in total. The Balaban J connectivity index is 1.30. The van der Waals surface area contributed by atoms with Crippen molar-refractivity contribution in [1.82, 2.24) is 15.3 Å². The van der Waals surface area contributed by atoms with Gasteiger partial charge in [-0.3, -0.25) is 9.59 Å². The van der Waals surface area contributed by atoms with Crippen LogP contribution in [-0.2, 0) is 29.0 Å². The van der Waals surface area contributed by atoms with Crippen LogP contribution in [0.3, 0.4) is 0 Å². The van der Waals surface area contributed by atoms with Gasteiger partial charge in [-0.25, -0.2) is 0 Å². The summed E-state index contributed by atoms with van der Waals surface area (Å²) in [6.07, 6.45) is 9.43. The van der Waals surface area contributed by atoms with E-state index in [1.807, 2.05) is 48.7 Å². The molecule has 0 saturated heterocycles. The van der Waals surface area contributed by atoms with Gasteiger partial charge in [0.2, 0.25) is 0 Å². The number of Topliss-reactive ketones (excluding diaryl/α,β-unsaturated/α-hetero) is 2. The molecule has 2 atom stereocenters. The Bertz CT molecular complexity index is 1660. The second kappa shape index (κ2) is 15.5. The fourth-order valence-electron chi connectivity index (χ4n) is 6.42. The van der Waals surface area contributed by atoms with Gasteiger partial charge in [0.15, 0.2) is 11.5 Å². The summed E-state index contributed by atoms with van der Waals surface area (Å²) in [5.41, 5.74) is 5.41. The number of methoxy groups -OCH3 is 1. The third-order valence-corrected chi connectivity index (χ3v) is 8.65. The van der Waals surface area contributed by atoms with Gasteiger partial charge in [0, 0.05) is 24.4 Å². The first-order valence-corrected chi connectivity index (χ1v) is 15.8. The van der Waals surface area contributed by atoms with Gasteiger partial charge in [-0.05, 0) is 74.5 Å². The monoisotopic (exact) mass is 622 g/mol. The number of aromatic nitrogens is 2. The quantitative estimate of drug-likeness (QED) is 0.0780. The lowest BCUT2D eigenvalue weighted by Gasteiger charge is -2.36. The van der Waals surface area contributed by atoms with Crippen LogP contribution >= 0.6 is 0 Å². The summed E-state index contributed by atoms with van der Waals surface area (Å²) in [7, 11) is 3.30. The number of aromatic hydroxyl groups is 2. The zero-order valence-electron chi connectivity index (χ0n) is 26.5. The molecule has 0 aliphatic heterocycles. The topological polar surface area (TPSA) is 140 Å². The van der Waals surface area contributed by atoms with Crippen molar-refractivity contribution < 1.29 is 24.5 Å². The molecular formula is C37H42N4O5-2. The minimum atomic E-state index is -0.476. The fourth-order valence-corrected chi connectivity index (χ4v) is 6.42. The molecule has 1 aliphatic rings. The lowest BCUT2D eigenvalue weighted by molar-refractivity contribution is -0.129. The van der Waals surface area contributed by atoms with Crippen LogP contribution in [0.5, 0.6) is 17.2 Å². The Morgan fingerprint density at radius 3 is 2.67 bits per heavy atom. The Labute approximate surface area is 270 Å². The number of aryl methyl sites for hydroxylation is 2. The van der Waals surface area contributed by atoms with Crippen molar-refractivity contribution in [3.05, 3.63) is 106 Å². The van der Waals surface area contributed by atoms with E-state index in [0.717, 1.165) is 59.5 Å². The molecule has 4 aromatic rings. The van der Waals surface area contributed by atoms with E-state index in [1.54, 1.807) is 31.4 Å². The smallest absolute Gasteiger partial charge is 0.162 e. The van der Waals surface area contributed by atoms with Gasteiger partial charge < -0.3 is 35.6 Å². The molecule has 0 bridgehead atoms. The molecule has 0 radical (unpaired) electrons. The van der Waals surface area contributed by atoms with Crippen LogP contribution in [0.4, 0.5) is 5.82 Å². The summed E-state index contributed by atoms with van der Waals surface area (Å²) in [4.78, 5) is 35.1. The largest absolute Gasteiger partial charge is 0.664 e. The third kappa shape index (κ3) is 8.09. The Morgan fingerprint density at radius 2 is 1.91 bits per heavy atom. The summed E-state index contributed by atoms with van der Waals surface area (Å²) < 4.78 is 5.34. The standard InChI is InChI=1S/C37H42N4O5/c1-38-22-27-17-25(19-34(46-2)37(27)45)12-13-29(43)21-33(44)36-26(23-41-35-11-6-15-40-35)20-32-30(14-16-39-32)31(36)10-4-3-7-24-8-5-9-28(42)18-24/h5-6,8-9,11,14-20,31,36,38,40,42,45H,3-4,7,10,12-13,21-23H2,1-2H3/q-2/t31-,36-/m0/s1. The second-order valence-electron chi connectivity index (χ2n) is 11.9. The predicted octanol–water partition coefficient (Wildman–Crippen LogP) is 6.49. The van der Waals surface area contributed by atoms with E-state index < -0.39 is 5.92 Å². The van der Waals surface area contributed by atoms with Gasteiger partial charge in [-0.15, -0.1) is 5.69 Å². The number of nitrogens with one attached hydrogen (secondary N) is 2. The van der Waals surface area contributed by atoms with E-state index in [1.165, 1.54) is 7.11 Å². The van der Waals surface area contributed by atoms with Gasteiger partial charge in [-0.1, -0.05) is 72.0 Å². The molecule has 2 heterocycles. The van der Waals surface area contributed by atoms with Crippen molar-refractivity contribution >= 4 is 23.5 Å². The number of ether oxygens (including phenoxy) is 1. The first kappa shape index (κ1) is 32.6. The van der Waals surface area contributed by atoms with Crippen LogP contribution in [0.1, 0.15) is 66.0 Å². The number of hydrogen-bond donors (Lipinski definition) is 4. The summed E-state index contributed by atoms with van der Waals surface area (Å²) in [5, 5.41) is 28.0. The summed E-state index contributed by atoms with van der Waals surface area (Å²) >= 11 is 0. The molecular weight excluding hydrogens is 580 g/mol. The summed E-state index contributed by atoms with van der Waals surface area (Å²) in [5.74, 6) is 0.634. The van der Waals surface area contributed by atoms with E-state index in [9.17, 15) is 19.8 Å². The third-order valence-electron chi connectivity index (χ3n) is 8.65. The molecule has 0 fully saturated rings. The predicted molar refractivity (Wildman–Crippen MR) is 179 cm³/mol. The van der Waals surface area contributed by atoms with Crippen LogP contribution in [0.25, 0.3) is 11.4 Å². The molecule has 242 valence electrons. The average Bonchev–Trinajstić information content (AvgIpc) is 3.74. The average molecular weight is 623 g/mol. The van der Waals surface area contributed by atoms with Gasteiger partial charge in [0.05, 0.1) is 13.5 Å². The van der Waals surface area contributed by atoms with Crippen molar-refractivity contribution in [3.8, 4) is 17.2 Å². The van der Waals surface area contributed by atoms with Gasteiger partial charge in [-0.2, -0.15) is 6.20 Å². The molecule has 2 aromatic carbocycles. The SMILES string of the molecule is CNCc1cc(CCC(=O)CC(=O)[C@H]2C(C[N-]c3ccc[nH]3)=Cc3[n-]ccc3[C@@H]2CCCCc2cccc(O)c2)cc(OC)c1O. The highest BCUT2D eigenvalue weighted by Crippen LogP contribution is 2.43. The number of rotatable bonds is 17. The van der Waals surface area contributed by atoms with Crippen LogP contribution in [-0.4, -0.2) is 47.5 Å². The number of carbonyl (C=O) groups excluding carboxylic acids is 2. The van der Waals surface area contributed by atoms with Crippen LogP contribution < -0.4 is 15.0 Å². The molecule has 0 saturated carbocycles. The van der Waals surface area contributed by atoms with Crippen molar-refractivity contribution in [3.63, 3.8) is 0 Å². The number of fused-ring (bicyclic) bond motifs is 1. The van der Waals surface area contributed by atoms with Crippen LogP contribution in [0.2, 0.25) is 0 Å². The number of hydrogen-bond acceptors (Lipinski definition) is 6. The van der Waals surface area contributed by atoms with E-state index in [2.05, 4.69) is 15.3 Å². The van der Waals surface area contributed by atoms with E-state index in [4.69, 9.17) is 10.1 Å². The summed E-state index contributed by atoms with van der Waals surface area (Å²) in [6.45, 7) is 0.791. The second-order valence-corrected chi connectivity index (χ2v) is 11.9. The number of nitrogens with zero attached hydrogens (tertiary/aromatic N) is 2. The van der Waals surface area contributed by atoms with Crippen molar-refractivity contribution in [1.29, 1.82) is 0 Å². The molecule has 0 spiro atoms. The summed E-state index contributed by atoms with van der Waals surface area (Å²) in [6, 6.07) is 16.7. The molecule has 9 heteroatoms. The molecule has 46 heavy (non-hydrogen) atoms. The maximum Gasteiger partial charge on any atom is 0.162 e. The van der Waals surface area contributed by atoms with E-state index in [-0.39, 0.29) is 41.8 Å². The van der Waals surface area contributed by atoms with E-state index in [0.29, 0.717) is 30.8 Å². The van der Waals surface area contributed by atoms with Gasteiger partial charge in [0.25, 0.3) is 0 Å². The van der Waals surface area contributed by atoms with Gasteiger partial charge >= 0.3 is 0 Å². The maximum atomic E-state index is 14.1. The molecule has 1 aliphatic carbocycles. The number of carbonyl (C=O) groups is 2. The number of unbranched alkanes of at least 4 members (excludes halogenated alkanes) is 1. The zero-order chi connectivity index (χ0) is 32.5. The van der Waals surface area contributed by atoms with Crippen molar-refractivity contribution in [2.24, 2.45) is 5.92 Å². The molecule has 0 amide bonds. The first-order valence-electron chi connectivity index (χ1n) is 15.8. The number of H-pyrrole nitrogens is 1. The molecule has 2 aromatic heterocycles. The highest BCUT2D eigenvalue weighted by molar-refractivity contribution is 6.02. The van der Waals surface area contributed by atoms with Crippen LogP contribution in [0.15, 0.2) is 72.6 Å². The normalized spacial score (nSPS) is 15.7. The highest BCUT2D eigenvalue weighted by atomic mass is 16.5. The number of aromatic amines is 1. The molecule has 5 rings (SSSR count). The zero-order valence-corrected chi connectivity index (χ0v) is 26.5. The van der Waals surface area contributed by atoms with E-state index >= 15 is 0 Å².